The molecule has 0 radical (unpaired) electrons. The van der Waals surface area contributed by atoms with Crippen molar-refractivity contribution < 1.29 is 14.9 Å². The van der Waals surface area contributed by atoms with Crippen molar-refractivity contribution in [3.63, 3.8) is 0 Å². The van der Waals surface area contributed by atoms with Crippen LogP contribution in [0.25, 0.3) is 0 Å². The highest BCUT2D eigenvalue weighted by Crippen LogP contribution is 2.07. The van der Waals surface area contributed by atoms with Crippen LogP contribution in [0.5, 0.6) is 0 Å². The first-order valence-corrected chi connectivity index (χ1v) is 8.06. The van der Waals surface area contributed by atoms with Crippen molar-refractivity contribution in [3.8, 4) is 0 Å². The Bertz CT molecular complexity index is 151. The molecule has 0 aliphatic heterocycles. The van der Waals surface area contributed by atoms with Gasteiger partial charge >= 0.3 is 0 Å². The van der Waals surface area contributed by atoms with Gasteiger partial charge in [-0.3, -0.25) is 0 Å². The van der Waals surface area contributed by atoms with Gasteiger partial charge in [0.1, 0.15) is 0 Å². The molecule has 0 saturated carbocycles. The SMILES string of the molecule is CC(O)CCCCCCOCCCCCCC(C)O. The second kappa shape index (κ2) is 14.3. The summed E-state index contributed by atoms with van der Waals surface area (Å²) in [6, 6.07) is 0. The average molecular weight is 274 g/mol. The molecular formula is C16H34O3. The number of rotatable bonds is 14. The van der Waals surface area contributed by atoms with Gasteiger partial charge in [-0.25, -0.2) is 0 Å². The van der Waals surface area contributed by atoms with E-state index < -0.39 is 0 Å². The van der Waals surface area contributed by atoms with Gasteiger partial charge in [0.15, 0.2) is 0 Å². The Kier molecular flexibility index (Phi) is 14.2. The highest BCUT2D eigenvalue weighted by atomic mass is 16.5. The maximum atomic E-state index is 9.11. The monoisotopic (exact) mass is 274 g/mol. The van der Waals surface area contributed by atoms with Gasteiger partial charge < -0.3 is 14.9 Å². The van der Waals surface area contributed by atoms with E-state index in [1.54, 1.807) is 0 Å². The predicted molar refractivity (Wildman–Crippen MR) is 80.4 cm³/mol. The molecule has 0 aliphatic rings. The fourth-order valence-corrected chi connectivity index (χ4v) is 2.10. The van der Waals surface area contributed by atoms with Gasteiger partial charge in [-0.15, -0.1) is 0 Å². The van der Waals surface area contributed by atoms with Crippen molar-refractivity contribution in [2.45, 2.75) is 90.3 Å². The van der Waals surface area contributed by atoms with Crippen LogP contribution in [0.2, 0.25) is 0 Å². The molecule has 0 saturated heterocycles. The lowest BCUT2D eigenvalue weighted by Crippen LogP contribution is -2.00. The van der Waals surface area contributed by atoms with Gasteiger partial charge in [0.2, 0.25) is 0 Å². The molecule has 0 heterocycles. The van der Waals surface area contributed by atoms with Gasteiger partial charge in [0.25, 0.3) is 0 Å². The van der Waals surface area contributed by atoms with Crippen molar-refractivity contribution >= 4 is 0 Å². The van der Waals surface area contributed by atoms with Gasteiger partial charge in [0.05, 0.1) is 12.2 Å². The smallest absolute Gasteiger partial charge is 0.0512 e. The first-order valence-electron chi connectivity index (χ1n) is 8.06. The molecule has 2 atom stereocenters. The highest BCUT2D eigenvalue weighted by Gasteiger charge is 1.97. The number of hydrogen-bond donors (Lipinski definition) is 2. The summed E-state index contributed by atoms with van der Waals surface area (Å²) in [6.45, 7) is 5.46. The number of hydrogen-bond acceptors (Lipinski definition) is 3. The third-order valence-electron chi connectivity index (χ3n) is 3.32. The molecule has 3 nitrogen and oxygen atoms in total. The molecule has 0 aromatic carbocycles. The summed E-state index contributed by atoms with van der Waals surface area (Å²) in [7, 11) is 0. The first kappa shape index (κ1) is 18.9. The summed E-state index contributed by atoms with van der Waals surface area (Å²) in [5.74, 6) is 0. The minimum absolute atomic E-state index is 0.148. The molecule has 2 unspecified atom stereocenters. The Balaban J connectivity index is 2.95. The fraction of sp³-hybridized carbons (Fsp3) is 1.00. The van der Waals surface area contributed by atoms with Crippen molar-refractivity contribution in [1.82, 2.24) is 0 Å². The number of aliphatic hydroxyl groups is 2. The molecule has 0 aromatic rings. The second-order valence-corrected chi connectivity index (χ2v) is 5.72. The van der Waals surface area contributed by atoms with E-state index in [0.717, 1.165) is 51.7 Å². The van der Waals surface area contributed by atoms with Crippen molar-refractivity contribution in [2.75, 3.05) is 13.2 Å². The third-order valence-corrected chi connectivity index (χ3v) is 3.32. The van der Waals surface area contributed by atoms with E-state index in [1.165, 1.54) is 25.7 Å². The maximum Gasteiger partial charge on any atom is 0.0512 e. The van der Waals surface area contributed by atoms with Gasteiger partial charge in [-0.2, -0.15) is 0 Å². The normalized spacial score (nSPS) is 14.5. The molecule has 0 rings (SSSR count). The Morgan fingerprint density at radius 3 is 1.37 bits per heavy atom. The lowest BCUT2D eigenvalue weighted by atomic mass is 10.1. The van der Waals surface area contributed by atoms with E-state index in [2.05, 4.69) is 0 Å². The summed E-state index contributed by atoms with van der Waals surface area (Å²) >= 11 is 0. The van der Waals surface area contributed by atoms with Crippen molar-refractivity contribution in [1.29, 1.82) is 0 Å². The minimum Gasteiger partial charge on any atom is -0.393 e. The summed E-state index contributed by atoms with van der Waals surface area (Å²) in [5, 5.41) is 18.2. The molecule has 0 fully saturated rings. The zero-order chi connectivity index (χ0) is 14.3. The number of unbranched alkanes of at least 4 members (excludes halogenated alkanes) is 6. The van der Waals surface area contributed by atoms with Crippen molar-refractivity contribution in [3.05, 3.63) is 0 Å². The molecule has 0 aromatic heterocycles. The molecular weight excluding hydrogens is 240 g/mol. The Morgan fingerprint density at radius 2 is 1.00 bits per heavy atom. The zero-order valence-corrected chi connectivity index (χ0v) is 12.9. The maximum absolute atomic E-state index is 9.11. The second-order valence-electron chi connectivity index (χ2n) is 5.72. The highest BCUT2D eigenvalue weighted by molar-refractivity contribution is 4.50. The Labute approximate surface area is 119 Å². The average Bonchev–Trinajstić information content (AvgIpc) is 2.34. The third kappa shape index (κ3) is 17.9. The van der Waals surface area contributed by atoms with Crippen LogP contribution in [-0.2, 0) is 4.74 Å². The minimum atomic E-state index is -0.148. The standard InChI is InChI=1S/C16H34O3/c1-15(17)11-7-3-5-9-13-19-14-10-6-4-8-12-16(2)18/h15-18H,3-14H2,1-2H3. The van der Waals surface area contributed by atoms with Crippen LogP contribution in [0.15, 0.2) is 0 Å². The largest absolute Gasteiger partial charge is 0.393 e. The van der Waals surface area contributed by atoms with Gasteiger partial charge in [-0.1, -0.05) is 38.5 Å². The number of aliphatic hydroxyl groups excluding tert-OH is 2. The quantitative estimate of drug-likeness (QED) is 0.475. The Morgan fingerprint density at radius 1 is 0.632 bits per heavy atom. The van der Waals surface area contributed by atoms with E-state index in [0.29, 0.717) is 0 Å². The summed E-state index contributed by atoms with van der Waals surface area (Å²) < 4.78 is 5.59. The molecule has 0 amide bonds. The predicted octanol–water partition coefficient (Wildman–Crippen LogP) is 3.67. The Hall–Kier alpha value is -0.120. The van der Waals surface area contributed by atoms with Crippen LogP contribution in [0.1, 0.15) is 78.1 Å². The molecule has 2 N–H and O–H groups in total. The van der Waals surface area contributed by atoms with E-state index >= 15 is 0 Å². The molecule has 3 heteroatoms. The van der Waals surface area contributed by atoms with Crippen LogP contribution < -0.4 is 0 Å². The lowest BCUT2D eigenvalue weighted by molar-refractivity contribution is 0.124. The van der Waals surface area contributed by atoms with Crippen LogP contribution in [0.3, 0.4) is 0 Å². The number of ether oxygens (including phenoxy) is 1. The molecule has 19 heavy (non-hydrogen) atoms. The van der Waals surface area contributed by atoms with E-state index in [-0.39, 0.29) is 12.2 Å². The molecule has 0 bridgehead atoms. The van der Waals surface area contributed by atoms with Crippen LogP contribution >= 0.6 is 0 Å². The van der Waals surface area contributed by atoms with E-state index in [1.807, 2.05) is 13.8 Å². The van der Waals surface area contributed by atoms with Crippen LogP contribution in [0.4, 0.5) is 0 Å². The summed E-state index contributed by atoms with van der Waals surface area (Å²) in [4.78, 5) is 0. The van der Waals surface area contributed by atoms with E-state index in [9.17, 15) is 0 Å². The topological polar surface area (TPSA) is 49.7 Å². The van der Waals surface area contributed by atoms with Crippen molar-refractivity contribution in [2.24, 2.45) is 0 Å². The summed E-state index contributed by atoms with van der Waals surface area (Å²) in [6.07, 6.45) is 10.9. The van der Waals surface area contributed by atoms with Crippen LogP contribution in [-0.4, -0.2) is 35.6 Å². The van der Waals surface area contributed by atoms with Crippen LogP contribution in [0, 0.1) is 0 Å². The first-order chi connectivity index (χ1) is 9.13. The molecule has 116 valence electrons. The molecule has 0 spiro atoms. The summed E-state index contributed by atoms with van der Waals surface area (Å²) in [5.41, 5.74) is 0. The van der Waals surface area contributed by atoms with E-state index in [4.69, 9.17) is 14.9 Å². The lowest BCUT2D eigenvalue weighted by Gasteiger charge is -2.06. The van der Waals surface area contributed by atoms with Gasteiger partial charge in [0, 0.05) is 13.2 Å². The van der Waals surface area contributed by atoms with Gasteiger partial charge in [-0.05, 0) is 39.5 Å². The fourth-order valence-electron chi connectivity index (χ4n) is 2.10. The zero-order valence-electron chi connectivity index (χ0n) is 12.9. The molecule has 0 aliphatic carbocycles.